The molecule has 0 unspecified atom stereocenters. The van der Waals surface area contributed by atoms with E-state index in [0.717, 1.165) is 0 Å². The van der Waals surface area contributed by atoms with Crippen molar-refractivity contribution in [1.82, 2.24) is 18.5 Å². The van der Waals surface area contributed by atoms with Crippen molar-refractivity contribution in [3.63, 3.8) is 0 Å². The van der Waals surface area contributed by atoms with Gasteiger partial charge in [-0.25, -0.2) is 0 Å². The SMILES string of the molecule is N.N.N.O=S(=O)(O)c1cc2cc3ccccc3cc2c(S(=O)(=O)O)c1S(=O)(=O)O. The van der Waals surface area contributed by atoms with Gasteiger partial charge in [0.25, 0.3) is 30.4 Å². The predicted molar refractivity (Wildman–Crippen MR) is 106 cm³/mol. The van der Waals surface area contributed by atoms with Gasteiger partial charge in [0.1, 0.15) is 14.7 Å². The smallest absolute Gasteiger partial charge is 0.297 e. The first-order valence-corrected chi connectivity index (χ1v) is 11.0. The summed E-state index contributed by atoms with van der Waals surface area (Å²) in [5.74, 6) is 0. The van der Waals surface area contributed by atoms with Crippen LogP contribution in [0.15, 0.2) is 57.2 Å². The van der Waals surface area contributed by atoms with Gasteiger partial charge in [-0.05, 0) is 34.4 Å². The molecule has 0 atom stereocenters. The molecule has 162 valence electrons. The summed E-state index contributed by atoms with van der Waals surface area (Å²) in [6.07, 6.45) is 0. The molecular formula is C14H19N3O9S3. The van der Waals surface area contributed by atoms with E-state index in [9.17, 15) is 38.9 Å². The lowest BCUT2D eigenvalue weighted by Crippen LogP contribution is -2.15. The molecule has 3 aromatic carbocycles. The van der Waals surface area contributed by atoms with Crippen molar-refractivity contribution < 1.29 is 38.9 Å². The molecule has 0 spiro atoms. The molecular weight excluding hydrogens is 450 g/mol. The van der Waals surface area contributed by atoms with Gasteiger partial charge in [-0.1, -0.05) is 24.3 Å². The van der Waals surface area contributed by atoms with E-state index < -0.39 is 45.0 Å². The van der Waals surface area contributed by atoms with Crippen LogP contribution in [-0.4, -0.2) is 38.9 Å². The Morgan fingerprint density at radius 2 is 1.00 bits per heavy atom. The molecule has 0 aliphatic carbocycles. The molecule has 0 aromatic heterocycles. The topological polar surface area (TPSA) is 268 Å². The molecule has 0 aliphatic heterocycles. The summed E-state index contributed by atoms with van der Waals surface area (Å²) >= 11 is 0. The summed E-state index contributed by atoms with van der Waals surface area (Å²) in [4.78, 5) is -4.32. The molecule has 0 saturated heterocycles. The third kappa shape index (κ3) is 4.86. The zero-order valence-electron chi connectivity index (χ0n) is 14.7. The van der Waals surface area contributed by atoms with E-state index in [1.165, 1.54) is 12.1 Å². The average molecular weight is 470 g/mol. The second-order valence-electron chi connectivity index (χ2n) is 5.38. The summed E-state index contributed by atoms with van der Waals surface area (Å²) in [6.45, 7) is 0. The van der Waals surface area contributed by atoms with Gasteiger partial charge >= 0.3 is 0 Å². The lowest BCUT2D eigenvalue weighted by molar-refractivity contribution is 0.457. The van der Waals surface area contributed by atoms with Crippen LogP contribution in [0.2, 0.25) is 0 Å². The van der Waals surface area contributed by atoms with Crippen LogP contribution in [0.1, 0.15) is 0 Å². The third-order valence-corrected chi connectivity index (χ3v) is 6.69. The molecule has 0 amide bonds. The Kier molecular flexibility index (Phi) is 7.64. The van der Waals surface area contributed by atoms with Crippen LogP contribution < -0.4 is 18.5 Å². The molecule has 0 saturated carbocycles. The van der Waals surface area contributed by atoms with Crippen LogP contribution in [0, 0.1) is 0 Å². The Balaban J connectivity index is 0.00000261. The lowest BCUT2D eigenvalue weighted by atomic mass is 10.0. The monoisotopic (exact) mass is 469 g/mol. The molecule has 0 heterocycles. The lowest BCUT2D eigenvalue weighted by Gasteiger charge is -2.13. The normalized spacial score (nSPS) is 12.0. The van der Waals surface area contributed by atoms with E-state index in [2.05, 4.69) is 0 Å². The van der Waals surface area contributed by atoms with Crippen LogP contribution in [0.4, 0.5) is 0 Å². The molecule has 0 aliphatic rings. The van der Waals surface area contributed by atoms with Gasteiger partial charge in [0, 0.05) is 5.39 Å². The van der Waals surface area contributed by atoms with Crippen molar-refractivity contribution in [1.29, 1.82) is 0 Å². The minimum atomic E-state index is -5.45. The maximum Gasteiger partial charge on any atom is 0.297 e. The number of benzene rings is 3. The minimum Gasteiger partial charge on any atom is -0.344 e. The maximum absolute atomic E-state index is 11.8. The maximum atomic E-state index is 11.8. The predicted octanol–water partition coefficient (Wildman–Crippen LogP) is 2.22. The molecule has 12 nitrogen and oxygen atoms in total. The first-order chi connectivity index (χ1) is 11.8. The van der Waals surface area contributed by atoms with E-state index >= 15 is 0 Å². The Morgan fingerprint density at radius 3 is 1.41 bits per heavy atom. The van der Waals surface area contributed by atoms with Gasteiger partial charge in [-0.3, -0.25) is 13.7 Å². The van der Waals surface area contributed by atoms with Crippen LogP contribution in [0.5, 0.6) is 0 Å². The highest BCUT2D eigenvalue weighted by Gasteiger charge is 2.34. The van der Waals surface area contributed by atoms with Crippen molar-refractivity contribution in [2.24, 2.45) is 0 Å². The van der Waals surface area contributed by atoms with Gasteiger partial charge in [0.05, 0.1) is 0 Å². The minimum absolute atomic E-state index is 0. The summed E-state index contributed by atoms with van der Waals surface area (Å²) in [5.41, 5.74) is 0. The summed E-state index contributed by atoms with van der Waals surface area (Å²) in [6, 6.07) is 9.76. The second kappa shape index (κ2) is 8.27. The van der Waals surface area contributed by atoms with E-state index in [4.69, 9.17) is 0 Å². The largest absolute Gasteiger partial charge is 0.344 e. The number of hydrogen-bond acceptors (Lipinski definition) is 9. The highest BCUT2D eigenvalue weighted by atomic mass is 32.2. The van der Waals surface area contributed by atoms with E-state index in [0.29, 0.717) is 16.8 Å². The molecule has 3 aromatic rings. The summed E-state index contributed by atoms with van der Waals surface area (Å²) in [5, 5.41) is 0.593. The van der Waals surface area contributed by atoms with Crippen LogP contribution >= 0.6 is 0 Å². The third-order valence-electron chi connectivity index (χ3n) is 3.67. The first kappa shape index (κ1) is 26.8. The Hall–Kier alpha value is -2.21. The zero-order chi connectivity index (χ0) is 19.5. The highest BCUT2D eigenvalue weighted by Crippen LogP contribution is 2.37. The van der Waals surface area contributed by atoms with Crippen molar-refractivity contribution in [3.8, 4) is 0 Å². The van der Waals surface area contributed by atoms with Crippen molar-refractivity contribution >= 4 is 51.9 Å². The molecule has 0 radical (unpaired) electrons. The number of fused-ring (bicyclic) bond motifs is 2. The van der Waals surface area contributed by atoms with Gasteiger partial charge in [0.2, 0.25) is 0 Å². The van der Waals surface area contributed by atoms with E-state index in [-0.39, 0.29) is 29.2 Å². The quantitative estimate of drug-likeness (QED) is 0.238. The Bertz CT molecular complexity index is 1400. The fourth-order valence-electron chi connectivity index (χ4n) is 2.71. The molecule has 0 fully saturated rings. The van der Waals surface area contributed by atoms with E-state index in [1.807, 2.05) is 0 Å². The Labute approximate surface area is 166 Å². The summed E-state index contributed by atoms with van der Waals surface area (Å²) in [7, 11) is -16.0. The first-order valence-electron chi connectivity index (χ1n) is 6.72. The van der Waals surface area contributed by atoms with Crippen molar-refractivity contribution in [2.45, 2.75) is 14.7 Å². The molecule has 12 N–H and O–H groups in total. The second-order valence-corrected chi connectivity index (χ2v) is 9.49. The van der Waals surface area contributed by atoms with Gasteiger partial charge in [-0.15, -0.1) is 0 Å². The van der Waals surface area contributed by atoms with Crippen LogP contribution in [0.25, 0.3) is 21.5 Å². The van der Waals surface area contributed by atoms with Crippen molar-refractivity contribution in [3.05, 3.63) is 42.5 Å². The van der Waals surface area contributed by atoms with Crippen LogP contribution in [-0.2, 0) is 30.4 Å². The zero-order valence-corrected chi connectivity index (χ0v) is 17.1. The molecule has 3 rings (SSSR count). The Morgan fingerprint density at radius 1 is 0.552 bits per heavy atom. The van der Waals surface area contributed by atoms with Crippen molar-refractivity contribution in [2.75, 3.05) is 0 Å². The fourth-order valence-corrected chi connectivity index (χ4v) is 6.10. The molecule has 15 heteroatoms. The molecule has 29 heavy (non-hydrogen) atoms. The van der Waals surface area contributed by atoms with Gasteiger partial charge in [-0.2, -0.15) is 25.3 Å². The highest BCUT2D eigenvalue weighted by molar-refractivity contribution is 7.90. The summed E-state index contributed by atoms with van der Waals surface area (Å²) < 4.78 is 98.4. The number of rotatable bonds is 3. The average Bonchev–Trinajstić information content (AvgIpc) is 2.48. The molecule has 0 bridgehead atoms. The van der Waals surface area contributed by atoms with Gasteiger partial charge in [0.15, 0.2) is 0 Å². The van der Waals surface area contributed by atoms with Gasteiger partial charge < -0.3 is 18.5 Å². The number of hydrogen-bond donors (Lipinski definition) is 6. The van der Waals surface area contributed by atoms with Crippen LogP contribution in [0.3, 0.4) is 0 Å². The standard InChI is InChI=1S/C14H10O9S3.3H3N/c15-24(16,17)12-7-10-5-8-3-1-2-4-9(8)6-11(10)13(25(18,19)20)14(12)26(21,22)23;;;/h1-7H,(H,15,16,17)(H,18,19,20)(H,21,22,23);3*1H3. The van der Waals surface area contributed by atoms with E-state index in [1.54, 1.807) is 24.3 Å². The fraction of sp³-hybridized carbons (Fsp3) is 0.